The van der Waals surface area contributed by atoms with Crippen molar-refractivity contribution >= 4 is 26.7 Å². The van der Waals surface area contributed by atoms with E-state index in [2.05, 4.69) is 5.10 Å². The van der Waals surface area contributed by atoms with Crippen molar-refractivity contribution in [2.24, 2.45) is 12.8 Å². The SMILES string of the molecule is Cn1cc(C(N)=O)c([C@@H]2CCCN(S(=O)(=O)c3cccc4ccccc34)C2)n1. The van der Waals surface area contributed by atoms with Crippen molar-refractivity contribution in [2.45, 2.75) is 23.7 Å². The summed E-state index contributed by atoms with van der Waals surface area (Å²) in [5, 5.41) is 5.99. The standard InChI is InChI=1S/C20H22N4O3S/c1-23-13-17(20(21)25)19(22-23)15-8-5-11-24(12-15)28(26,27)18-10-4-7-14-6-2-3-9-16(14)18/h2-4,6-7,9-10,13,15H,5,8,11-12H2,1H3,(H2,21,25)/t15-/m1/s1. The molecule has 0 radical (unpaired) electrons. The van der Waals surface area contributed by atoms with Crippen molar-refractivity contribution in [1.82, 2.24) is 14.1 Å². The van der Waals surface area contributed by atoms with E-state index in [-0.39, 0.29) is 12.5 Å². The third-order valence-corrected chi connectivity index (χ3v) is 7.18. The highest BCUT2D eigenvalue weighted by atomic mass is 32.2. The van der Waals surface area contributed by atoms with E-state index >= 15 is 0 Å². The molecule has 28 heavy (non-hydrogen) atoms. The Hall–Kier alpha value is -2.71. The van der Waals surface area contributed by atoms with Gasteiger partial charge in [0, 0.05) is 37.6 Å². The van der Waals surface area contributed by atoms with Gasteiger partial charge >= 0.3 is 0 Å². The topological polar surface area (TPSA) is 98.3 Å². The molecule has 1 aromatic heterocycles. The molecule has 146 valence electrons. The molecule has 1 saturated heterocycles. The zero-order valence-electron chi connectivity index (χ0n) is 15.6. The molecule has 7 nitrogen and oxygen atoms in total. The molecule has 1 aliphatic heterocycles. The van der Waals surface area contributed by atoms with Gasteiger partial charge in [-0.15, -0.1) is 0 Å². The van der Waals surface area contributed by atoms with Crippen molar-refractivity contribution in [1.29, 1.82) is 0 Å². The minimum atomic E-state index is -3.67. The molecule has 8 heteroatoms. The monoisotopic (exact) mass is 398 g/mol. The molecule has 1 fully saturated rings. The van der Waals surface area contributed by atoms with Gasteiger partial charge < -0.3 is 5.73 Å². The summed E-state index contributed by atoms with van der Waals surface area (Å²) >= 11 is 0. The largest absolute Gasteiger partial charge is 0.365 e. The first-order chi connectivity index (χ1) is 13.4. The predicted octanol–water partition coefficient (Wildman–Crippen LogP) is 2.24. The lowest BCUT2D eigenvalue weighted by Gasteiger charge is -2.31. The van der Waals surface area contributed by atoms with Gasteiger partial charge in [0.25, 0.3) is 5.91 Å². The first-order valence-electron chi connectivity index (χ1n) is 9.19. The zero-order valence-corrected chi connectivity index (χ0v) is 16.4. The Morgan fingerprint density at radius 2 is 1.93 bits per heavy atom. The highest BCUT2D eigenvalue weighted by Gasteiger charge is 2.34. The number of fused-ring (bicyclic) bond motifs is 1. The molecular weight excluding hydrogens is 376 g/mol. The second-order valence-electron chi connectivity index (χ2n) is 7.15. The Bertz CT molecular complexity index is 1150. The Labute approximate surface area is 163 Å². The predicted molar refractivity (Wildman–Crippen MR) is 106 cm³/mol. The minimum Gasteiger partial charge on any atom is -0.365 e. The number of nitrogens with two attached hydrogens (primary N) is 1. The summed E-state index contributed by atoms with van der Waals surface area (Å²) in [5.74, 6) is -0.709. The van der Waals surface area contributed by atoms with Gasteiger partial charge in [-0.05, 0) is 24.3 Å². The summed E-state index contributed by atoms with van der Waals surface area (Å²) < 4.78 is 29.9. The maximum atomic E-state index is 13.4. The van der Waals surface area contributed by atoms with Crippen LogP contribution in [0.2, 0.25) is 0 Å². The Kier molecular flexibility index (Phi) is 4.68. The van der Waals surface area contributed by atoms with Crippen LogP contribution in [-0.4, -0.2) is 41.5 Å². The number of primary amides is 1. The average Bonchev–Trinajstić information content (AvgIpc) is 3.10. The molecule has 1 amide bonds. The van der Waals surface area contributed by atoms with Crippen LogP contribution in [0.5, 0.6) is 0 Å². The van der Waals surface area contributed by atoms with E-state index in [1.54, 1.807) is 30.1 Å². The lowest BCUT2D eigenvalue weighted by atomic mass is 9.93. The Morgan fingerprint density at radius 1 is 1.18 bits per heavy atom. The van der Waals surface area contributed by atoms with Crippen LogP contribution < -0.4 is 5.73 Å². The maximum Gasteiger partial charge on any atom is 0.252 e. The highest BCUT2D eigenvalue weighted by Crippen LogP contribution is 2.33. The van der Waals surface area contributed by atoms with Crippen LogP contribution in [0.4, 0.5) is 0 Å². The van der Waals surface area contributed by atoms with Gasteiger partial charge in [-0.3, -0.25) is 9.48 Å². The minimum absolute atomic E-state index is 0.165. The molecule has 1 aliphatic rings. The maximum absolute atomic E-state index is 13.4. The van der Waals surface area contributed by atoms with Crippen molar-refractivity contribution < 1.29 is 13.2 Å². The van der Waals surface area contributed by atoms with Gasteiger partial charge in [-0.1, -0.05) is 36.4 Å². The third kappa shape index (κ3) is 3.18. The molecule has 2 heterocycles. The fourth-order valence-electron chi connectivity index (χ4n) is 3.94. The number of hydrogen-bond donors (Lipinski definition) is 1. The molecule has 2 aromatic carbocycles. The van der Waals surface area contributed by atoms with E-state index in [9.17, 15) is 13.2 Å². The number of rotatable bonds is 4. The molecule has 0 bridgehead atoms. The molecule has 1 atom stereocenters. The van der Waals surface area contributed by atoms with Gasteiger partial charge in [0.15, 0.2) is 0 Å². The fraction of sp³-hybridized carbons (Fsp3) is 0.300. The highest BCUT2D eigenvalue weighted by molar-refractivity contribution is 7.89. The van der Waals surface area contributed by atoms with Crippen LogP contribution in [0.25, 0.3) is 10.8 Å². The number of benzene rings is 2. The average molecular weight is 398 g/mol. The van der Waals surface area contributed by atoms with Gasteiger partial charge in [0.1, 0.15) is 0 Å². The lowest BCUT2D eigenvalue weighted by Crippen LogP contribution is -2.39. The van der Waals surface area contributed by atoms with Crippen LogP contribution in [0.15, 0.2) is 53.6 Å². The fourth-order valence-corrected chi connectivity index (χ4v) is 5.68. The van der Waals surface area contributed by atoms with E-state index in [0.717, 1.165) is 11.8 Å². The first-order valence-corrected chi connectivity index (χ1v) is 10.6. The second-order valence-corrected chi connectivity index (χ2v) is 9.05. The molecular formula is C20H22N4O3S. The van der Waals surface area contributed by atoms with Gasteiger partial charge in [-0.2, -0.15) is 9.40 Å². The number of sulfonamides is 1. The van der Waals surface area contributed by atoms with E-state index in [0.29, 0.717) is 34.5 Å². The number of piperidine rings is 1. The van der Waals surface area contributed by atoms with Crippen LogP contribution in [0.3, 0.4) is 0 Å². The number of carbonyl (C=O) groups excluding carboxylic acids is 1. The Balaban J connectivity index is 1.70. The number of nitrogens with zero attached hydrogens (tertiary/aromatic N) is 3. The normalized spacial score (nSPS) is 18.4. The molecule has 0 saturated carbocycles. The molecule has 3 aromatic rings. The molecule has 0 aliphatic carbocycles. The van der Waals surface area contributed by atoms with E-state index in [1.807, 2.05) is 30.3 Å². The first kappa shape index (κ1) is 18.6. The zero-order chi connectivity index (χ0) is 19.9. The number of amides is 1. The second kappa shape index (κ2) is 7.03. The molecule has 0 spiro atoms. The van der Waals surface area contributed by atoms with E-state index < -0.39 is 15.9 Å². The van der Waals surface area contributed by atoms with Gasteiger partial charge in [0.05, 0.1) is 16.2 Å². The van der Waals surface area contributed by atoms with Crippen LogP contribution in [0.1, 0.15) is 34.8 Å². The molecule has 2 N–H and O–H groups in total. The summed E-state index contributed by atoms with van der Waals surface area (Å²) in [6.45, 7) is 0.726. The third-order valence-electron chi connectivity index (χ3n) is 5.26. The quantitative estimate of drug-likeness (QED) is 0.729. The van der Waals surface area contributed by atoms with Crippen LogP contribution >= 0.6 is 0 Å². The molecule has 0 unspecified atom stereocenters. The van der Waals surface area contributed by atoms with E-state index in [1.165, 1.54) is 4.31 Å². The number of aryl methyl sites for hydroxylation is 1. The van der Waals surface area contributed by atoms with E-state index in [4.69, 9.17) is 5.73 Å². The van der Waals surface area contributed by atoms with Crippen molar-refractivity contribution in [2.75, 3.05) is 13.1 Å². The number of hydrogen-bond acceptors (Lipinski definition) is 4. The van der Waals surface area contributed by atoms with Gasteiger partial charge in [0.2, 0.25) is 10.0 Å². The molecule has 4 rings (SSSR count). The van der Waals surface area contributed by atoms with Crippen LogP contribution in [-0.2, 0) is 17.1 Å². The summed E-state index contributed by atoms with van der Waals surface area (Å²) in [6.07, 6.45) is 3.05. The van der Waals surface area contributed by atoms with Crippen molar-refractivity contribution in [3.05, 3.63) is 59.9 Å². The van der Waals surface area contributed by atoms with Crippen LogP contribution in [0, 0.1) is 0 Å². The summed E-state index contributed by atoms with van der Waals surface area (Å²) in [6, 6.07) is 12.8. The Morgan fingerprint density at radius 3 is 2.71 bits per heavy atom. The van der Waals surface area contributed by atoms with Crippen molar-refractivity contribution in [3.8, 4) is 0 Å². The summed E-state index contributed by atoms with van der Waals surface area (Å²) in [7, 11) is -1.95. The lowest BCUT2D eigenvalue weighted by molar-refractivity contribution is 0.0998. The van der Waals surface area contributed by atoms with Crippen molar-refractivity contribution in [3.63, 3.8) is 0 Å². The smallest absolute Gasteiger partial charge is 0.252 e. The van der Waals surface area contributed by atoms with Gasteiger partial charge in [-0.25, -0.2) is 8.42 Å². The summed E-state index contributed by atoms with van der Waals surface area (Å²) in [4.78, 5) is 12.1. The number of aromatic nitrogens is 2. The summed E-state index contributed by atoms with van der Waals surface area (Å²) in [5.41, 5.74) is 6.42. The number of carbonyl (C=O) groups is 1.